The number of carbonyl (C=O) groups is 1. The van der Waals surface area contributed by atoms with Gasteiger partial charge < -0.3 is 9.73 Å². The zero-order chi connectivity index (χ0) is 16.0. The van der Waals surface area contributed by atoms with Crippen molar-refractivity contribution >= 4 is 27.7 Å². The lowest BCUT2D eigenvalue weighted by molar-refractivity contribution is -0.116. The van der Waals surface area contributed by atoms with E-state index in [0.29, 0.717) is 18.0 Å². The minimum Gasteiger partial charge on any atom is -0.467 e. The second-order valence-electron chi connectivity index (χ2n) is 4.63. The Morgan fingerprint density at radius 1 is 1.23 bits per heavy atom. The molecular formula is C15H16N2O4S. The lowest BCUT2D eigenvalue weighted by Crippen LogP contribution is -2.19. The van der Waals surface area contributed by atoms with Crippen LogP contribution < -0.4 is 10.0 Å². The smallest absolute Gasteiger partial charge is 0.244 e. The van der Waals surface area contributed by atoms with Crippen molar-refractivity contribution in [2.45, 2.75) is 6.54 Å². The lowest BCUT2D eigenvalue weighted by atomic mass is 10.2. The van der Waals surface area contributed by atoms with Gasteiger partial charge >= 0.3 is 0 Å². The molecule has 0 atom stereocenters. The first-order valence-corrected chi connectivity index (χ1v) is 8.38. The van der Waals surface area contributed by atoms with Crippen molar-refractivity contribution in [2.75, 3.05) is 11.0 Å². The third-order valence-corrected chi connectivity index (χ3v) is 3.26. The molecule has 1 aromatic heterocycles. The molecule has 0 bridgehead atoms. The first kappa shape index (κ1) is 15.8. The Kier molecular flexibility index (Phi) is 5.00. The van der Waals surface area contributed by atoms with Gasteiger partial charge in [0.25, 0.3) is 0 Å². The van der Waals surface area contributed by atoms with Crippen molar-refractivity contribution in [3.05, 3.63) is 60.1 Å². The fraction of sp³-hybridized carbons (Fsp3) is 0.133. The van der Waals surface area contributed by atoms with Crippen LogP contribution in [0.15, 0.2) is 53.2 Å². The molecule has 0 unspecified atom stereocenters. The minimum absolute atomic E-state index is 0.241. The molecule has 1 aromatic carbocycles. The number of anilines is 1. The summed E-state index contributed by atoms with van der Waals surface area (Å²) in [4.78, 5) is 11.6. The van der Waals surface area contributed by atoms with Crippen molar-refractivity contribution in [1.29, 1.82) is 0 Å². The van der Waals surface area contributed by atoms with Gasteiger partial charge in [-0.1, -0.05) is 12.1 Å². The Hall–Kier alpha value is -2.54. The first-order chi connectivity index (χ1) is 10.4. The Balaban J connectivity index is 1.88. The maximum atomic E-state index is 11.6. The van der Waals surface area contributed by atoms with Crippen molar-refractivity contribution in [1.82, 2.24) is 5.32 Å². The molecule has 0 aliphatic rings. The Labute approximate surface area is 128 Å². The van der Waals surface area contributed by atoms with Crippen LogP contribution >= 0.6 is 0 Å². The Bertz CT molecular complexity index is 747. The van der Waals surface area contributed by atoms with E-state index in [1.54, 1.807) is 48.7 Å². The molecule has 0 spiro atoms. The Morgan fingerprint density at radius 2 is 1.95 bits per heavy atom. The largest absolute Gasteiger partial charge is 0.467 e. The van der Waals surface area contributed by atoms with Crippen molar-refractivity contribution in [2.24, 2.45) is 0 Å². The topological polar surface area (TPSA) is 88.4 Å². The van der Waals surface area contributed by atoms with E-state index >= 15 is 0 Å². The SMILES string of the molecule is CS(=O)(=O)Nc1ccc(/C=C/C(=O)NCc2ccco2)cc1. The monoisotopic (exact) mass is 320 g/mol. The summed E-state index contributed by atoms with van der Waals surface area (Å²) >= 11 is 0. The summed E-state index contributed by atoms with van der Waals surface area (Å²) < 4.78 is 29.6. The van der Waals surface area contributed by atoms with Crippen LogP contribution in [0.3, 0.4) is 0 Å². The van der Waals surface area contributed by atoms with E-state index in [4.69, 9.17) is 4.42 Å². The number of hydrogen-bond acceptors (Lipinski definition) is 4. The second-order valence-corrected chi connectivity index (χ2v) is 6.38. The van der Waals surface area contributed by atoms with E-state index in [-0.39, 0.29) is 5.91 Å². The normalized spacial score (nSPS) is 11.5. The summed E-state index contributed by atoms with van der Waals surface area (Å²) in [5.41, 5.74) is 1.26. The van der Waals surface area contributed by atoms with Crippen LogP contribution in [-0.4, -0.2) is 20.6 Å². The van der Waals surface area contributed by atoms with Gasteiger partial charge in [-0.15, -0.1) is 0 Å². The number of rotatable bonds is 6. The maximum absolute atomic E-state index is 11.6. The molecule has 22 heavy (non-hydrogen) atoms. The molecule has 1 amide bonds. The number of nitrogens with one attached hydrogen (secondary N) is 2. The summed E-state index contributed by atoms with van der Waals surface area (Å²) in [7, 11) is -3.29. The molecule has 0 saturated carbocycles. The zero-order valence-electron chi connectivity index (χ0n) is 11.9. The Morgan fingerprint density at radius 3 is 2.55 bits per heavy atom. The van der Waals surface area contributed by atoms with Gasteiger partial charge in [-0.2, -0.15) is 0 Å². The molecule has 2 N–H and O–H groups in total. The predicted octanol–water partition coefficient (Wildman–Crippen LogP) is 1.98. The first-order valence-electron chi connectivity index (χ1n) is 6.48. The number of benzene rings is 1. The van der Waals surface area contributed by atoms with Crippen molar-refractivity contribution in [3.63, 3.8) is 0 Å². The number of sulfonamides is 1. The van der Waals surface area contributed by atoms with Gasteiger partial charge in [-0.25, -0.2) is 8.42 Å². The number of hydrogen-bond donors (Lipinski definition) is 2. The van der Waals surface area contributed by atoms with Crippen LogP contribution in [0, 0.1) is 0 Å². The third-order valence-electron chi connectivity index (χ3n) is 2.66. The van der Waals surface area contributed by atoms with Crippen LogP contribution in [0.5, 0.6) is 0 Å². The molecule has 7 heteroatoms. The molecule has 0 fully saturated rings. The van der Waals surface area contributed by atoms with E-state index in [2.05, 4.69) is 10.0 Å². The quantitative estimate of drug-likeness (QED) is 0.797. The van der Waals surface area contributed by atoms with E-state index < -0.39 is 10.0 Å². The summed E-state index contributed by atoms with van der Waals surface area (Å²) in [6, 6.07) is 10.2. The van der Waals surface area contributed by atoms with Crippen LogP contribution in [0.2, 0.25) is 0 Å². The highest BCUT2D eigenvalue weighted by atomic mass is 32.2. The molecule has 2 rings (SSSR count). The van der Waals surface area contributed by atoms with Gasteiger partial charge in [0.15, 0.2) is 0 Å². The molecule has 2 aromatic rings. The van der Waals surface area contributed by atoms with Gasteiger partial charge in [0, 0.05) is 11.8 Å². The maximum Gasteiger partial charge on any atom is 0.244 e. The second kappa shape index (κ2) is 6.95. The number of carbonyl (C=O) groups excluding carboxylic acids is 1. The highest BCUT2D eigenvalue weighted by molar-refractivity contribution is 7.92. The standard InChI is InChI=1S/C15H16N2O4S/c1-22(19,20)17-13-7-4-12(5-8-13)6-9-15(18)16-11-14-3-2-10-21-14/h2-10,17H,11H2,1H3,(H,16,18)/b9-6+. The molecular weight excluding hydrogens is 304 g/mol. The van der Waals surface area contributed by atoms with Crippen molar-refractivity contribution < 1.29 is 17.6 Å². The molecule has 6 nitrogen and oxygen atoms in total. The summed E-state index contributed by atoms with van der Waals surface area (Å²) in [6.45, 7) is 0.327. The lowest BCUT2D eigenvalue weighted by Gasteiger charge is -2.03. The molecule has 0 saturated heterocycles. The average molecular weight is 320 g/mol. The number of amides is 1. The van der Waals surface area contributed by atoms with Gasteiger partial charge in [-0.05, 0) is 35.9 Å². The van der Waals surface area contributed by atoms with Crippen LogP contribution in [0.25, 0.3) is 6.08 Å². The minimum atomic E-state index is -3.29. The molecule has 116 valence electrons. The van der Waals surface area contributed by atoms with E-state index in [1.165, 1.54) is 6.08 Å². The van der Waals surface area contributed by atoms with E-state index in [0.717, 1.165) is 11.8 Å². The third kappa shape index (κ3) is 5.45. The predicted molar refractivity (Wildman–Crippen MR) is 84.5 cm³/mol. The molecule has 0 aliphatic carbocycles. The zero-order valence-corrected chi connectivity index (χ0v) is 12.8. The van der Waals surface area contributed by atoms with Gasteiger partial charge in [0.05, 0.1) is 19.1 Å². The van der Waals surface area contributed by atoms with E-state index in [9.17, 15) is 13.2 Å². The molecule has 1 heterocycles. The van der Waals surface area contributed by atoms with E-state index in [1.807, 2.05) is 0 Å². The van der Waals surface area contributed by atoms with Gasteiger partial charge in [-0.3, -0.25) is 9.52 Å². The highest BCUT2D eigenvalue weighted by Crippen LogP contribution is 2.11. The summed E-state index contributed by atoms with van der Waals surface area (Å²) in [6.07, 6.45) is 5.68. The summed E-state index contributed by atoms with van der Waals surface area (Å²) in [5, 5.41) is 2.69. The fourth-order valence-corrected chi connectivity index (χ4v) is 2.26. The molecule has 0 aliphatic heterocycles. The highest BCUT2D eigenvalue weighted by Gasteiger charge is 2.01. The van der Waals surface area contributed by atoms with Crippen LogP contribution in [-0.2, 0) is 21.4 Å². The van der Waals surface area contributed by atoms with Gasteiger partial charge in [0.1, 0.15) is 5.76 Å². The number of furan rings is 1. The van der Waals surface area contributed by atoms with Crippen LogP contribution in [0.1, 0.15) is 11.3 Å². The van der Waals surface area contributed by atoms with Gasteiger partial charge in [0.2, 0.25) is 15.9 Å². The fourth-order valence-electron chi connectivity index (χ4n) is 1.69. The average Bonchev–Trinajstić information content (AvgIpc) is 2.96. The van der Waals surface area contributed by atoms with Crippen LogP contribution in [0.4, 0.5) is 5.69 Å². The van der Waals surface area contributed by atoms with Crippen molar-refractivity contribution in [3.8, 4) is 0 Å². The molecule has 0 radical (unpaired) electrons. The summed E-state index contributed by atoms with van der Waals surface area (Å²) in [5.74, 6) is 0.438.